The molecule has 0 bridgehead atoms. The average molecular weight is 493 g/mol. The fourth-order valence-corrected chi connectivity index (χ4v) is 4.36. The van der Waals surface area contributed by atoms with Gasteiger partial charge in [0, 0.05) is 23.7 Å². The summed E-state index contributed by atoms with van der Waals surface area (Å²) >= 11 is 12.0. The van der Waals surface area contributed by atoms with Crippen LogP contribution in [0.4, 0.5) is 5.69 Å². The first-order valence-electron chi connectivity index (χ1n) is 9.38. The molecule has 0 saturated carbocycles. The second kappa shape index (κ2) is 10.5. The van der Waals surface area contributed by atoms with Crippen molar-refractivity contribution >= 4 is 50.5 Å². The lowest BCUT2D eigenvalue weighted by molar-refractivity contribution is -0.116. The van der Waals surface area contributed by atoms with E-state index < -0.39 is 26.7 Å². The summed E-state index contributed by atoms with van der Waals surface area (Å²) in [7, 11) is -3.99. The third-order valence-corrected chi connectivity index (χ3v) is 6.30. The van der Waals surface area contributed by atoms with Crippen LogP contribution in [-0.4, -0.2) is 36.7 Å². The van der Waals surface area contributed by atoms with Gasteiger partial charge in [0.05, 0.1) is 17.0 Å². The molecule has 2 N–H and O–H groups in total. The summed E-state index contributed by atoms with van der Waals surface area (Å²) in [4.78, 5) is 32.0. The number of halogens is 2. The van der Waals surface area contributed by atoms with E-state index in [0.29, 0.717) is 11.3 Å². The van der Waals surface area contributed by atoms with E-state index >= 15 is 0 Å². The van der Waals surface area contributed by atoms with Crippen LogP contribution < -0.4 is 10.6 Å². The SMILES string of the molecule is O=C(CCNC(=O)c1nc(S(=O)(=O)Cc2ccccc2Cl)ncc1Cl)Nc1ccccc1. The van der Waals surface area contributed by atoms with Gasteiger partial charge in [-0.3, -0.25) is 9.59 Å². The van der Waals surface area contributed by atoms with Gasteiger partial charge in [-0.05, 0) is 23.8 Å². The molecule has 8 nitrogen and oxygen atoms in total. The minimum atomic E-state index is -3.99. The van der Waals surface area contributed by atoms with Crippen molar-refractivity contribution in [2.24, 2.45) is 0 Å². The lowest BCUT2D eigenvalue weighted by atomic mass is 10.2. The summed E-state index contributed by atoms with van der Waals surface area (Å²) in [6, 6.07) is 15.4. The molecule has 32 heavy (non-hydrogen) atoms. The summed E-state index contributed by atoms with van der Waals surface area (Å²) < 4.78 is 25.4. The predicted octanol–water partition coefficient (Wildman–Crippen LogP) is 3.52. The molecule has 0 radical (unpaired) electrons. The van der Waals surface area contributed by atoms with E-state index in [1.165, 1.54) is 0 Å². The first-order chi connectivity index (χ1) is 15.3. The highest BCUT2D eigenvalue weighted by Crippen LogP contribution is 2.22. The maximum Gasteiger partial charge on any atom is 0.271 e. The Bertz CT molecular complexity index is 1240. The fourth-order valence-electron chi connectivity index (χ4n) is 2.66. The lowest BCUT2D eigenvalue weighted by Crippen LogP contribution is -2.29. The summed E-state index contributed by atoms with van der Waals surface area (Å²) in [5, 5.41) is 4.82. The van der Waals surface area contributed by atoms with Crippen LogP contribution >= 0.6 is 23.2 Å². The number of hydrogen-bond acceptors (Lipinski definition) is 6. The molecule has 0 spiro atoms. The average Bonchev–Trinajstić information content (AvgIpc) is 2.76. The summed E-state index contributed by atoms with van der Waals surface area (Å²) in [6.07, 6.45) is 1.05. The number of anilines is 1. The van der Waals surface area contributed by atoms with Crippen molar-refractivity contribution in [1.29, 1.82) is 0 Å². The van der Waals surface area contributed by atoms with Crippen LogP contribution in [0.15, 0.2) is 66.0 Å². The predicted molar refractivity (Wildman–Crippen MR) is 121 cm³/mol. The summed E-state index contributed by atoms with van der Waals surface area (Å²) in [5.74, 6) is -1.46. The maximum absolute atomic E-state index is 12.7. The van der Waals surface area contributed by atoms with Crippen LogP contribution in [0, 0.1) is 0 Å². The number of para-hydroxylation sites is 1. The molecule has 0 aliphatic heterocycles. The van der Waals surface area contributed by atoms with Crippen molar-refractivity contribution in [3.8, 4) is 0 Å². The van der Waals surface area contributed by atoms with Crippen molar-refractivity contribution in [1.82, 2.24) is 15.3 Å². The van der Waals surface area contributed by atoms with E-state index in [1.807, 2.05) is 6.07 Å². The van der Waals surface area contributed by atoms with E-state index in [0.717, 1.165) is 6.20 Å². The van der Waals surface area contributed by atoms with Crippen molar-refractivity contribution < 1.29 is 18.0 Å². The Hall–Kier alpha value is -3.01. The van der Waals surface area contributed by atoms with Gasteiger partial charge in [-0.15, -0.1) is 0 Å². The second-order valence-electron chi connectivity index (χ2n) is 6.62. The van der Waals surface area contributed by atoms with Gasteiger partial charge >= 0.3 is 0 Å². The number of nitrogens with zero attached hydrogens (tertiary/aromatic N) is 2. The van der Waals surface area contributed by atoms with Gasteiger partial charge in [-0.1, -0.05) is 59.6 Å². The molecule has 3 aromatic rings. The topological polar surface area (TPSA) is 118 Å². The zero-order valence-electron chi connectivity index (χ0n) is 16.6. The van der Waals surface area contributed by atoms with Crippen LogP contribution in [0.3, 0.4) is 0 Å². The minimum Gasteiger partial charge on any atom is -0.350 e. The van der Waals surface area contributed by atoms with Gasteiger partial charge in [0.25, 0.3) is 5.91 Å². The van der Waals surface area contributed by atoms with Crippen LogP contribution in [0.5, 0.6) is 0 Å². The standard InChI is InChI=1S/C21H18Cl2N4O4S/c22-16-9-5-4-6-14(16)13-32(30,31)21-25-12-17(23)19(27-21)20(29)24-11-10-18(28)26-15-7-2-1-3-8-15/h1-9,12H,10-11,13H2,(H,24,29)(H,26,28). The second-order valence-corrected chi connectivity index (χ2v) is 9.32. The molecule has 0 saturated heterocycles. The van der Waals surface area contributed by atoms with E-state index in [4.69, 9.17) is 23.2 Å². The van der Waals surface area contributed by atoms with Crippen LogP contribution in [0.25, 0.3) is 0 Å². The van der Waals surface area contributed by atoms with E-state index in [-0.39, 0.29) is 34.6 Å². The zero-order valence-corrected chi connectivity index (χ0v) is 18.9. The Morgan fingerprint density at radius 1 is 0.938 bits per heavy atom. The van der Waals surface area contributed by atoms with Gasteiger partial charge in [0.15, 0.2) is 5.69 Å². The Kier molecular flexibility index (Phi) is 7.79. The van der Waals surface area contributed by atoms with Gasteiger partial charge in [-0.2, -0.15) is 0 Å². The van der Waals surface area contributed by atoms with Gasteiger partial charge < -0.3 is 10.6 Å². The number of sulfone groups is 1. The van der Waals surface area contributed by atoms with E-state index in [9.17, 15) is 18.0 Å². The normalized spacial score (nSPS) is 11.1. The highest BCUT2D eigenvalue weighted by molar-refractivity contribution is 7.90. The molecule has 0 aliphatic rings. The lowest BCUT2D eigenvalue weighted by Gasteiger charge is -2.09. The summed E-state index contributed by atoms with van der Waals surface area (Å²) in [6.45, 7) is -0.000458. The first kappa shape index (κ1) is 23.6. The number of aromatic nitrogens is 2. The van der Waals surface area contributed by atoms with Crippen molar-refractivity contribution in [2.45, 2.75) is 17.3 Å². The largest absolute Gasteiger partial charge is 0.350 e. The molecule has 11 heteroatoms. The number of benzene rings is 2. The molecular weight excluding hydrogens is 475 g/mol. The third-order valence-electron chi connectivity index (χ3n) is 4.21. The Balaban J connectivity index is 1.65. The number of nitrogens with one attached hydrogen (secondary N) is 2. The van der Waals surface area contributed by atoms with Crippen molar-refractivity contribution in [3.63, 3.8) is 0 Å². The molecule has 1 aromatic heterocycles. The molecule has 3 rings (SSSR count). The van der Waals surface area contributed by atoms with E-state index in [1.54, 1.807) is 48.5 Å². The van der Waals surface area contributed by atoms with E-state index in [2.05, 4.69) is 20.6 Å². The molecule has 2 amide bonds. The Morgan fingerprint density at radius 3 is 2.34 bits per heavy atom. The minimum absolute atomic E-state index is 0.000458. The van der Waals surface area contributed by atoms with Crippen LogP contribution in [-0.2, 0) is 20.4 Å². The fraction of sp³-hybridized carbons (Fsp3) is 0.143. The molecular formula is C21H18Cl2N4O4S. The van der Waals surface area contributed by atoms with Gasteiger partial charge in [0.2, 0.25) is 20.9 Å². The van der Waals surface area contributed by atoms with Gasteiger partial charge in [-0.25, -0.2) is 18.4 Å². The Morgan fingerprint density at radius 2 is 1.62 bits per heavy atom. The van der Waals surface area contributed by atoms with Gasteiger partial charge in [0.1, 0.15) is 0 Å². The number of carbonyl (C=O) groups excluding carboxylic acids is 2. The zero-order chi connectivity index (χ0) is 23.1. The number of carbonyl (C=O) groups is 2. The monoisotopic (exact) mass is 492 g/mol. The third kappa shape index (κ3) is 6.25. The molecule has 1 heterocycles. The number of amides is 2. The number of rotatable bonds is 8. The molecule has 0 aliphatic carbocycles. The van der Waals surface area contributed by atoms with Crippen LogP contribution in [0.1, 0.15) is 22.5 Å². The quantitative estimate of drug-likeness (QED) is 0.464. The molecule has 2 aromatic carbocycles. The number of hydrogen-bond donors (Lipinski definition) is 2. The molecule has 0 fully saturated rings. The smallest absolute Gasteiger partial charge is 0.271 e. The molecule has 0 atom stereocenters. The molecule has 166 valence electrons. The molecule has 0 unspecified atom stereocenters. The maximum atomic E-state index is 12.7. The Labute approximate surface area is 194 Å². The summed E-state index contributed by atoms with van der Waals surface area (Å²) in [5.41, 5.74) is 0.710. The highest BCUT2D eigenvalue weighted by Gasteiger charge is 2.23. The highest BCUT2D eigenvalue weighted by atomic mass is 35.5. The first-order valence-corrected chi connectivity index (χ1v) is 11.8. The van der Waals surface area contributed by atoms with Crippen LogP contribution in [0.2, 0.25) is 10.0 Å². The van der Waals surface area contributed by atoms with Crippen molar-refractivity contribution in [3.05, 3.63) is 82.1 Å². The van der Waals surface area contributed by atoms with Crippen molar-refractivity contribution in [2.75, 3.05) is 11.9 Å².